The largest absolute Gasteiger partial charge is 0.370 e. The van der Waals surface area contributed by atoms with Crippen LogP contribution in [0, 0.1) is 6.92 Å². The summed E-state index contributed by atoms with van der Waals surface area (Å²) in [6.07, 6.45) is 2.82. The molecule has 6 nitrogen and oxygen atoms in total. The maximum Gasteiger partial charge on any atom is 0.221 e. The number of nitrogens with one attached hydrogen (secondary N) is 2. The van der Waals surface area contributed by atoms with Crippen LogP contribution in [0.4, 0.5) is 11.6 Å². The summed E-state index contributed by atoms with van der Waals surface area (Å²) in [5.41, 5.74) is 1.04. The first-order valence-electron chi connectivity index (χ1n) is 7.60. The van der Waals surface area contributed by atoms with Crippen molar-refractivity contribution in [3.05, 3.63) is 11.4 Å². The topological polar surface area (TPSA) is 70.2 Å². The van der Waals surface area contributed by atoms with Crippen LogP contribution in [-0.4, -0.2) is 43.1 Å². The van der Waals surface area contributed by atoms with Crippen molar-refractivity contribution in [1.29, 1.82) is 0 Å². The molecule has 1 heterocycles. The molecule has 116 valence electrons. The maximum atomic E-state index is 11.4. The van der Waals surface area contributed by atoms with Crippen LogP contribution in [0.5, 0.6) is 0 Å². The van der Waals surface area contributed by atoms with Crippen LogP contribution in [-0.2, 0) is 4.79 Å². The predicted molar refractivity (Wildman–Crippen MR) is 84.9 cm³/mol. The van der Waals surface area contributed by atoms with Crippen LogP contribution in [0.15, 0.2) is 0 Å². The minimum atomic E-state index is 0.0443. The fraction of sp³-hybridized carbons (Fsp3) is 0.667. The van der Waals surface area contributed by atoms with Gasteiger partial charge in [-0.25, -0.2) is 9.97 Å². The Labute approximate surface area is 126 Å². The summed E-state index contributed by atoms with van der Waals surface area (Å²) in [6, 6.07) is 0. The van der Waals surface area contributed by atoms with Crippen molar-refractivity contribution in [2.45, 2.75) is 39.0 Å². The van der Waals surface area contributed by atoms with E-state index in [9.17, 15) is 4.79 Å². The lowest BCUT2D eigenvalue weighted by Gasteiger charge is -2.22. The van der Waals surface area contributed by atoms with Gasteiger partial charge in [0.05, 0.1) is 0 Å². The average molecular weight is 291 g/mol. The van der Waals surface area contributed by atoms with E-state index in [-0.39, 0.29) is 5.91 Å². The number of hydrogen-bond donors (Lipinski definition) is 2. The monoisotopic (exact) mass is 291 g/mol. The summed E-state index contributed by atoms with van der Waals surface area (Å²) >= 11 is 0. The average Bonchev–Trinajstić information content (AvgIpc) is 3.31. The second kappa shape index (κ2) is 6.74. The molecular formula is C15H25N5O. The predicted octanol–water partition coefficient (Wildman–Crippen LogP) is 1.67. The lowest BCUT2D eigenvalue weighted by molar-refractivity contribution is -0.120. The van der Waals surface area contributed by atoms with E-state index in [0.29, 0.717) is 18.9 Å². The Morgan fingerprint density at radius 2 is 2.10 bits per heavy atom. The molecule has 1 fully saturated rings. The van der Waals surface area contributed by atoms with Gasteiger partial charge in [-0.1, -0.05) is 0 Å². The molecule has 6 heteroatoms. The Morgan fingerprint density at radius 1 is 1.38 bits per heavy atom. The lowest BCUT2D eigenvalue weighted by atomic mass is 10.2. The van der Waals surface area contributed by atoms with E-state index in [1.807, 2.05) is 18.9 Å². The molecule has 1 aliphatic rings. The molecule has 0 aliphatic heterocycles. The zero-order valence-corrected chi connectivity index (χ0v) is 13.4. The number of aromatic nitrogens is 2. The number of carbonyl (C=O) groups is 1. The highest BCUT2D eigenvalue weighted by Gasteiger charge is 2.28. The second-order valence-corrected chi connectivity index (χ2v) is 5.53. The van der Waals surface area contributed by atoms with Crippen LogP contribution in [0.2, 0.25) is 0 Å². The van der Waals surface area contributed by atoms with E-state index in [4.69, 9.17) is 4.98 Å². The molecule has 0 bridgehead atoms. The summed E-state index contributed by atoms with van der Waals surface area (Å²) in [7, 11) is 3.64. The van der Waals surface area contributed by atoms with Crippen LogP contribution in [0.3, 0.4) is 0 Å². The second-order valence-electron chi connectivity index (χ2n) is 5.53. The molecule has 1 aromatic rings. The van der Waals surface area contributed by atoms with Crippen molar-refractivity contribution in [3.63, 3.8) is 0 Å². The first kappa shape index (κ1) is 15.5. The van der Waals surface area contributed by atoms with Crippen molar-refractivity contribution < 1.29 is 4.79 Å². The van der Waals surface area contributed by atoms with Crippen LogP contribution in [0.1, 0.15) is 43.5 Å². The molecule has 1 aromatic heterocycles. The zero-order chi connectivity index (χ0) is 15.4. The number of hydrogen-bond acceptors (Lipinski definition) is 5. The Balaban J connectivity index is 2.21. The van der Waals surface area contributed by atoms with Gasteiger partial charge in [0.1, 0.15) is 17.5 Å². The van der Waals surface area contributed by atoms with Crippen LogP contribution >= 0.6 is 0 Å². The van der Waals surface area contributed by atoms with Crippen molar-refractivity contribution in [2.24, 2.45) is 0 Å². The number of nitrogens with zero attached hydrogens (tertiary/aromatic N) is 3. The molecule has 2 N–H and O–H groups in total. The van der Waals surface area contributed by atoms with Gasteiger partial charge in [-0.15, -0.1) is 0 Å². The van der Waals surface area contributed by atoms with Gasteiger partial charge in [0.25, 0.3) is 0 Å². The van der Waals surface area contributed by atoms with E-state index >= 15 is 0 Å². The Kier molecular flexibility index (Phi) is 4.98. The van der Waals surface area contributed by atoms with Gasteiger partial charge in [0, 0.05) is 45.1 Å². The normalized spacial score (nSPS) is 13.9. The lowest BCUT2D eigenvalue weighted by Crippen LogP contribution is -2.28. The Morgan fingerprint density at radius 3 is 2.67 bits per heavy atom. The van der Waals surface area contributed by atoms with Crippen LogP contribution in [0.25, 0.3) is 0 Å². The van der Waals surface area contributed by atoms with Gasteiger partial charge in [-0.2, -0.15) is 0 Å². The highest BCUT2D eigenvalue weighted by atomic mass is 16.1. The summed E-state index contributed by atoms with van der Waals surface area (Å²) in [5, 5.41) is 5.96. The van der Waals surface area contributed by atoms with Crippen molar-refractivity contribution in [2.75, 3.05) is 37.4 Å². The van der Waals surface area contributed by atoms with Crippen molar-refractivity contribution >= 4 is 17.5 Å². The molecule has 0 spiro atoms. The zero-order valence-electron chi connectivity index (χ0n) is 13.4. The molecule has 0 unspecified atom stereocenters. The molecule has 1 aliphatic carbocycles. The minimum Gasteiger partial charge on any atom is -0.370 e. The highest BCUT2D eigenvalue weighted by molar-refractivity contribution is 5.76. The summed E-state index contributed by atoms with van der Waals surface area (Å²) in [6.45, 7) is 5.57. The van der Waals surface area contributed by atoms with E-state index in [0.717, 1.165) is 29.6 Å². The summed E-state index contributed by atoms with van der Waals surface area (Å²) in [5.74, 6) is 3.32. The van der Waals surface area contributed by atoms with Gasteiger partial charge in [0.15, 0.2) is 0 Å². The third kappa shape index (κ3) is 3.83. The molecule has 0 saturated heterocycles. The number of rotatable bonds is 7. The van der Waals surface area contributed by atoms with Gasteiger partial charge >= 0.3 is 0 Å². The number of amides is 1. The van der Waals surface area contributed by atoms with Crippen molar-refractivity contribution in [3.8, 4) is 0 Å². The number of anilines is 2. The van der Waals surface area contributed by atoms with Gasteiger partial charge in [0.2, 0.25) is 5.91 Å². The molecule has 21 heavy (non-hydrogen) atoms. The minimum absolute atomic E-state index is 0.0443. The molecule has 1 saturated carbocycles. The molecule has 1 amide bonds. The molecule has 0 radical (unpaired) electrons. The van der Waals surface area contributed by atoms with E-state index in [1.165, 1.54) is 12.8 Å². The first-order chi connectivity index (χ1) is 10.1. The van der Waals surface area contributed by atoms with E-state index in [2.05, 4.69) is 22.5 Å². The summed E-state index contributed by atoms with van der Waals surface area (Å²) < 4.78 is 0. The van der Waals surface area contributed by atoms with Gasteiger partial charge in [-0.05, 0) is 26.7 Å². The quantitative estimate of drug-likeness (QED) is 0.799. The molecule has 0 aromatic carbocycles. The number of carbonyl (C=O) groups excluding carboxylic acids is 1. The fourth-order valence-corrected chi connectivity index (χ4v) is 2.26. The van der Waals surface area contributed by atoms with Gasteiger partial charge in [-0.3, -0.25) is 4.79 Å². The van der Waals surface area contributed by atoms with Gasteiger partial charge < -0.3 is 15.5 Å². The maximum absolute atomic E-state index is 11.4. The molecular weight excluding hydrogens is 266 g/mol. The molecule has 2 rings (SSSR count). The molecule has 0 atom stereocenters. The highest BCUT2D eigenvalue weighted by Crippen LogP contribution is 2.39. The third-order valence-corrected chi connectivity index (χ3v) is 3.74. The fourth-order valence-electron chi connectivity index (χ4n) is 2.26. The van der Waals surface area contributed by atoms with Crippen molar-refractivity contribution in [1.82, 2.24) is 15.3 Å². The Bertz CT molecular complexity index is 513. The Hall–Kier alpha value is -1.85. The van der Waals surface area contributed by atoms with Crippen LogP contribution < -0.4 is 15.5 Å². The third-order valence-electron chi connectivity index (χ3n) is 3.74. The van der Waals surface area contributed by atoms with E-state index in [1.54, 1.807) is 7.05 Å². The standard InChI is InChI=1S/C15H25N5O/c1-5-17-13-10(2)15(19-14(18-13)11-6-7-11)20(4)9-8-12(21)16-3/h11H,5-9H2,1-4H3,(H,16,21)(H,17,18,19). The summed E-state index contributed by atoms with van der Waals surface area (Å²) in [4.78, 5) is 22.8. The first-order valence-corrected chi connectivity index (χ1v) is 7.60. The SMILES string of the molecule is CCNc1nc(C2CC2)nc(N(C)CCC(=O)NC)c1C. The smallest absolute Gasteiger partial charge is 0.221 e. The van der Waals surface area contributed by atoms with E-state index < -0.39 is 0 Å².